The van der Waals surface area contributed by atoms with E-state index in [0.717, 1.165) is 48.0 Å². The second kappa shape index (κ2) is 10.9. The molecule has 1 fully saturated rings. The van der Waals surface area contributed by atoms with E-state index in [2.05, 4.69) is 45.9 Å². The minimum absolute atomic E-state index is 0.0645. The number of ether oxygens (including phenoxy) is 2. The van der Waals surface area contributed by atoms with Crippen LogP contribution in [0.2, 0.25) is 0 Å². The number of methoxy groups -OCH3 is 2. The van der Waals surface area contributed by atoms with Gasteiger partial charge in [-0.15, -0.1) is 0 Å². The lowest BCUT2D eigenvalue weighted by molar-refractivity contribution is 0.0628. The van der Waals surface area contributed by atoms with Crippen molar-refractivity contribution < 1.29 is 14.3 Å². The lowest BCUT2D eigenvalue weighted by Gasteiger charge is -2.34. The number of aromatic nitrogens is 1. The summed E-state index contributed by atoms with van der Waals surface area (Å²) in [4.78, 5) is 18.2. The minimum atomic E-state index is 0.0645. The van der Waals surface area contributed by atoms with E-state index in [1.165, 1.54) is 5.56 Å². The van der Waals surface area contributed by atoms with Gasteiger partial charge in [-0.3, -0.25) is 9.69 Å². The molecule has 1 amide bonds. The summed E-state index contributed by atoms with van der Waals surface area (Å²) in [6, 6.07) is 28.4. The molecule has 0 aliphatic carbocycles. The van der Waals surface area contributed by atoms with Gasteiger partial charge >= 0.3 is 0 Å². The zero-order valence-corrected chi connectivity index (χ0v) is 21.7. The van der Waals surface area contributed by atoms with Gasteiger partial charge in [0.1, 0.15) is 11.5 Å². The molecule has 0 spiro atoms. The second-order valence-corrected chi connectivity index (χ2v) is 9.32. The van der Waals surface area contributed by atoms with Crippen LogP contribution in [0.4, 0.5) is 0 Å². The van der Waals surface area contributed by atoms with Gasteiger partial charge in [0, 0.05) is 44.5 Å². The van der Waals surface area contributed by atoms with Crippen molar-refractivity contribution in [3.8, 4) is 28.4 Å². The van der Waals surface area contributed by atoms with Crippen molar-refractivity contribution in [2.24, 2.45) is 0 Å². The zero-order chi connectivity index (χ0) is 25.8. The van der Waals surface area contributed by atoms with Crippen molar-refractivity contribution in [2.45, 2.75) is 13.5 Å². The first-order chi connectivity index (χ1) is 18.1. The van der Waals surface area contributed by atoms with Crippen LogP contribution in [-0.4, -0.2) is 60.7 Å². The SMILES string of the molecule is COc1ccc(OC)c(-n2c(-c3ccccc3)cc(C(=O)N3CCN(Cc4ccccc4)CC3)c2C)c1. The van der Waals surface area contributed by atoms with Gasteiger partial charge in [-0.1, -0.05) is 60.7 Å². The monoisotopic (exact) mass is 495 g/mol. The number of piperazine rings is 1. The highest BCUT2D eigenvalue weighted by molar-refractivity contribution is 5.97. The molecule has 0 saturated carbocycles. The number of amides is 1. The molecule has 0 unspecified atom stereocenters. The van der Waals surface area contributed by atoms with Gasteiger partial charge in [0.2, 0.25) is 0 Å². The topological polar surface area (TPSA) is 46.9 Å². The van der Waals surface area contributed by atoms with Crippen molar-refractivity contribution in [3.05, 3.63) is 102 Å². The summed E-state index contributed by atoms with van der Waals surface area (Å²) in [5.41, 5.74) is 5.69. The summed E-state index contributed by atoms with van der Waals surface area (Å²) < 4.78 is 13.3. The van der Waals surface area contributed by atoms with Gasteiger partial charge in [-0.05, 0) is 36.2 Å². The van der Waals surface area contributed by atoms with Crippen molar-refractivity contribution in [1.82, 2.24) is 14.4 Å². The number of hydrogen-bond donors (Lipinski definition) is 0. The Balaban J connectivity index is 1.46. The number of nitrogens with zero attached hydrogens (tertiary/aromatic N) is 3. The van der Waals surface area contributed by atoms with Crippen molar-refractivity contribution in [3.63, 3.8) is 0 Å². The van der Waals surface area contributed by atoms with E-state index in [-0.39, 0.29) is 5.91 Å². The van der Waals surface area contributed by atoms with E-state index in [0.29, 0.717) is 24.4 Å². The molecular weight excluding hydrogens is 462 g/mol. The third-order valence-corrected chi connectivity index (χ3v) is 7.08. The van der Waals surface area contributed by atoms with E-state index < -0.39 is 0 Å². The van der Waals surface area contributed by atoms with Crippen LogP contribution in [0.15, 0.2) is 84.9 Å². The lowest BCUT2D eigenvalue weighted by Crippen LogP contribution is -2.48. The highest BCUT2D eigenvalue weighted by Crippen LogP contribution is 2.36. The van der Waals surface area contributed by atoms with E-state index in [1.807, 2.05) is 60.4 Å². The molecule has 3 aromatic carbocycles. The minimum Gasteiger partial charge on any atom is -0.497 e. The van der Waals surface area contributed by atoms with Crippen LogP contribution in [-0.2, 0) is 6.54 Å². The molecule has 0 bridgehead atoms. The number of benzene rings is 3. The average Bonchev–Trinajstić information content (AvgIpc) is 3.30. The molecule has 5 rings (SSSR count). The Morgan fingerprint density at radius 1 is 0.811 bits per heavy atom. The number of hydrogen-bond acceptors (Lipinski definition) is 4. The molecule has 6 nitrogen and oxygen atoms in total. The second-order valence-electron chi connectivity index (χ2n) is 9.32. The standard InChI is InChI=1S/C31H33N3O3/c1-23-27(31(35)33-18-16-32(17-19-33)22-24-10-6-4-7-11-24)21-28(25-12-8-5-9-13-25)34(23)29-20-26(36-2)14-15-30(29)37-3/h4-15,20-21H,16-19,22H2,1-3H3. The molecule has 1 aliphatic rings. The fourth-order valence-electron chi connectivity index (χ4n) is 5.05. The predicted octanol–water partition coefficient (Wildman–Crippen LogP) is 5.43. The van der Waals surface area contributed by atoms with Crippen molar-refractivity contribution >= 4 is 5.91 Å². The quantitative estimate of drug-likeness (QED) is 0.343. The third kappa shape index (κ3) is 5.11. The largest absolute Gasteiger partial charge is 0.497 e. The molecule has 1 aromatic heterocycles. The van der Waals surface area contributed by atoms with Crippen LogP contribution in [0.25, 0.3) is 16.9 Å². The summed E-state index contributed by atoms with van der Waals surface area (Å²) in [7, 11) is 3.31. The van der Waals surface area contributed by atoms with Crippen LogP contribution in [0.1, 0.15) is 21.6 Å². The molecule has 2 heterocycles. The van der Waals surface area contributed by atoms with Gasteiger partial charge in [0.05, 0.1) is 31.2 Å². The Labute approximate surface area is 218 Å². The molecule has 1 saturated heterocycles. The van der Waals surface area contributed by atoms with Crippen LogP contribution in [0.3, 0.4) is 0 Å². The number of rotatable bonds is 7. The first kappa shape index (κ1) is 24.7. The molecule has 1 aliphatic heterocycles. The van der Waals surface area contributed by atoms with Crippen LogP contribution >= 0.6 is 0 Å². The maximum Gasteiger partial charge on any atom is 0.255 e. The molecule has 0 atom stereocenters. The third-order valence-electron chi connectivity index (χ3n) is 7.08. The maximum absolute atomic E-state index is 13.8. The average molecular weight is 496 g/mol. The Kier molecular flexibility index (Phi) is 7.28. The maximum atomic E-state index is 13.8. The Bertz CT molecular complexity index is 1360. The van der Waals surface area contributed by atoms with Gasteiger partial charge in [0.25, 0.3) is 5.91 Å². The molecule has 4 aromatic rings. The number of carbonyl (C=O) groups is 1. The van der Waals surface area contributed by atoms with Crippen molar-refractivity contribution in [1.29, 1.82) is 0 Å². The molecule has 0 radical (unpaired) electrons. The van der Waals surface area contributed by atoms with Crippen LogP contribution in [0, 0.1) is 6.92 Å². The molecule has 0 N–H and O–H groups in total. The Morgan fingerprint density at radius 2 is 1.49 bits per heavy atom. The summed E-state index contributed by atoms with van der Waals surface area (Å²) in [6.45, 7) is 6.04. The van der Waals surface area contributed by atoms with E-state index in [4.69, 9.17) is 9.47 Å². The zero-order valence-electron chi connectivity index (χ0n) is 21.7. The molecule has 6 heteroatoms. The summed E-state index contributed by atoms with van der Waals surface area (Å²) in [6.07, 6.45) is 0. The smallest absolute Gasteiger partial charge is 0.255 e. The van der Waals surface area contributed by atoms with Gasteiger partial charge in [-0.2, -0.15) is 0 Å². The Hall–Kier alpha value is -4.03. The van der Waals surface area contributed by atoms with Gasteiger partial charge in [0.15, 0.2) is 0 Å². The van der Waals surface area contributed by atoms with Crippen molar-refractivity contribution in [2.75, 3.05) is 40.4 Å². The fraction of sp³-hybridized carbons (Fsp3) is 0.258. The van der Waals surface area contributed by atoms with E-state index >= 15 is 0 Å². The molecule has 190 valence electrons. The highest BCUT2D eigenvalue weighted by atomic mass is 16.5. The van der Waals surface area contributed by atoms with Crippen LogP contribution < -0.4 is 9.47 Å². The van der Waals surface area contributed by atoms with E-state index in [9.17, 15) is 4.79 Å². The first-order valence-corrected chi connectivity index (χ1v) is 12.6. The summed E-state index contributed by atoms with van der Waals surface area (Å²) >= 11 is 0. The normalized spacial score (nSPS) is 14.0. The molecule has 37 heavy (non-hydrogen) atoms. The fourth-order valence-corrected chi connectivity index (χ4v) is 5.05. The predicted molar refractivity (Wildman–Crippen MR) is 147 cm³/mol. The van der Waals surface area contributed by atoms with E-state index in [1.54, 1.807) is 14.2 Å². The Morgan fingerprint density at radius 3 is 2.14 bits per heavy atom. The summed E-state index contributed by atoms with van der Waals surface area (Å²) in [5.74, 6) is 1.50. The first-order valence-electron chi connectivity index (χ1n) is 12.6. The van der Waals surface area contributed by atoms with Gasteiger partial charge in [-0.25, -0.2) is 0 Å². The highest BCUT2D eigenvalue weighted by Gasteiger charge is 2.27. The van der Waals surface area contributed by atoms with Crippen LogP contribution in [0.5, 0.6) is 11.5 Å². The number of carbonyl (C=O) groups excluding carboxylic acids is 1. The lowest BCUT2D eigenvalue weighted by atomic mass is 10.1. The summed E-state index contributed by atoms with van der Waals surface area (Å²) in [5, 5.41) is 0. The van der Waals surface area contributed by atoms with Gasteiger partial charge < -0.3 is 18.9 Å². The molecular formula is C31H33N3O3.